The minimum Gasteiger partial charge on any atom is -0.445 e. The van der Waals surface area contributed by atoms with E-state index in [0.29, 0.717) is 11.8 Å². The fourth-order valence-electron chi connectivity index (χ4n) is 1.74. The summed E-state index contributed by atoms with van der Waals surface area (Å²) in [5, 5.41) is 15.6. The van der Waals surface area contributed by atoms with E-state index in [1.165, 1.54) is 4.80 Å². The molecular formula is C9H11N5O. The van der Waals surface area contributed by atoms with Crippen LogP contribution in [0.4, 0.5) is 0 Å². The van der Waals surface area contributed by atoms with Crippen LogP contribution < -0.4 is 5.32 Å². The number of nitrogens with one attached hydrogen (secondary N) is 1. The van der Waals surface area contributed by atoms with Gasteiger partial charge in [-0.25, -0.2) is 0 Å². The molecule has 0 radical (unpaired) electrons. The third kappa shape index (κ3) is 1.52. The molecule has 0 aromatic carbocycles. The molecule has 1 aliphatic heterocycles. The summed E-state index contributed by atoms with van der Waals surface area (Å²) < 4.78 is 5.18. The van der Waals surface area contributed by atoms with Gasteiger partial charge in [0.2, 0.25) is 5.88 Å². The van der Waals surface area contributed by atoms with E-state index in [1.54, 1.807) is 18.4 Å². The quantitative estimate of drug-likeness (QED) is 0.765. The maximum absolute atomic E-state index is 5.18. The number of nitrogens with zero attached hydrogens (tertiary/aromatic N) is 4. The molecule has 2 aromatic heterocycles. The highest BCUT2D eigenvalue weighted by Gasteiger charge is 2.21. The van der Waals surface area contributed by atoms with Crippen molar-refractivity contribution in [3.8, 4) is 5.88 Å². The summed E-state index contributed by atoms with van der Waals surface area (Å²) in [6.45, 7) is 1.96. The van der Waals surface area contributed by atoms with Crippen LogP contribution in [0.3, 0.4) is 0 Å². The lowest BCUT2D eigenvalue weighted by molar-refractivity contribution is 0.493. The predicted molar refractivity (Wildman–Crippen MR) is 51.6 cm³/mol. The Labute approximate surface area is 86.3 Å². The van der Waals surface area contributed by atoms with Gasteiger partial charge < -0.3 is 9.73 Å². The van der Waals surface area contributed by atoms with E-state index in [4.69, 9.17) is 4.42 Å². The van der Waals surface area contributed by atoms with Crippen LogP contribution in [0.2, 0.25) is 0 Å². The zero-order valence-corrected chi connectivity index (χ0v) is 8.13. The summed E-state index contributed by atoms with van der Waals surface area (Å²) in [6.07, 6.45) is 2.67. The topological polar surface area (TPSA) is 68.8 Å². The molecule has 1 unspecified atom stereocenters. The van der Waals surface area contributed by atoms with Crippen LogP contribution in [-0.2, 0) is 0 Å². The van der Waals surface area contributed by atoms with E-state index in [0.717, 1.165) is 25.3 Å². The van der Waals surface area contributed by atoms with Gasteiger partial charge in [-0.3, -0.25) is 0 Å². The fourth-order valence-corrected chi connectivity index (χ4v) is 1.74. The van der Waals surface area contributed by atoms with Crippen LogP contribution in [0, 0.1) is 0 Å². The average Bonchev–Trinajstić information content (AvgIpc) is 3.02. The zero-order valence-electron chi connectivity index (χ0n) is 8.13. The van der Waals surface area contributed by atoms with Crippen molar-refractivity contribution < 1.29 is 4.42 Å². The molecule has 0 aliphatic carbocycles. The Kier molecular flexibility index (Phi) is 1.99. The number of aromatic nitrogens is 4. The number of tetrazole rings is 1. The van der Waals surface area contributed by atoms with Gasteiger partial charge >= 0.3 is 0 Å². The van der Waals surface area contributed by atoms with E-state index in [2.05, 4.69) is 20.7 Å². The van der Waals surface area contributed by atoms with E-state index in [1.807, 2.05) is 0 Å². The summed E-state index contributed by atoms with van der Waals surface area (Å²) in [5.74, 6) is 1.77. The molecule has 6 nitrogen and oxygen atoms in total. The maximum Gasteiger partial charge on any atom is 0.239 e. The summed E-state index contributed by atoms with van der Waals surface area (Å²) >= 11 is 0. The minimum atomic E-state index is 0.383. The number of rotatable bonds is 2. The van der Waals surface area contributed by atoms with Crippen molar-refractivity contribution in [1.29, 1.82) is 0 Å². The number of hydrogen-bond donors (Lipinski definition) is 1. The SMILES string of the molecule is c1coc(-n2nnc(C3CCNC3)n2)c1. The molecule has 0 saturated carbocycles. The lowest BCUT2D eigenvalue weighted by Gasteiger charge is -1.98. The molecular weight excluding hydrogens is 194 g/mol. The van der Waals surface area contributed by atoms with Gasteiger partial charge in [-0.05, 0) is 24.2 Å². The van der Waals surface area contributed by atoms with Crippen LogP contribution in [0.25, 0.3) is 5.88 Å². The molecule has 78 valence electrons. The van der Waals surface area contributed by atoms with Gasteiger partial charge in [-0.15, -0.1) is 10.2 Å². The van der Waals surface area contributed by atoms with Gasteiger partial charge in [-0.1, -0.05) is 4.80 Å². The Morgan fingerprint density at radius 3 is 3.27 bits per heavy atom. The molecule has 1 N–H and O–H groups in total. The Morgan fingerprint density at radius 2 is 2.53 bits per heavy atom. The highest BCUT2D eigenvalue weighted by atomic mass is 16.3. The van der Waals surface area contributed by atoms with E-state index in [9.17, 15) is 0 Å². The first-order valence-electron chi connectivity index (χ1n) is 4.98. The largest absolute Gasteiger partial charge is 0.445 e. The molecule has 1 atom stereocenters. The molecule has 0 spiro atoms. The summed E-state index contributed by atoms with van der Waals surface area (Å²) in [7, 11) is 0. The second kappa shape index (κ2) is 3.47. The van der Waals surface area contributed by atoms with Crippen molar-refractivity contribution >= 4 is 0 Å². The maximum atomic E-state index is 5.18. The van der Waals surface area contributed by atoms with Gasteiger partial charge in [0, 0.05) is 18.5 Å². The smallest absolute Gasteiger partial charge is 0.239 e. The average molecular weight is 205 g/mol. The molecule has 2 aromatic rings. The molecule has 6 heteroatoms. The molecule has 1 saturated heterocycles. The summed E-state index contributed by atoms with van der Waals surface area (Å²) in [6, 6.07) is 3.61. The first kappa shape index (κ1) is 8.60. The second-order valence-electron chi connectivity index (χ2n) is 3.58. The van der Waals surface area contributed by atoms with Crippen molar-refractivity contribution in [3.05, 3.63) is 24.2 Å². The Balaban J connectivity index is 1.87. The van der Waals surface area contributed by atoms with Crippen LogP contribution in [0.15, 0.2) is 22.8 Å². The van der Waals surface area contributed by atoms with Crippen LogP contribution in [0.1, 0.15) is 18.2 Å². The highest BCUT2D eigenvalue weighted by molar-refractivity contribution is 5.13. The molecule has 1 fully saturated rings. The standard InChI is InChI=1S/C9H11N5O/c1-2-8(15-5-1)14-12-9(11-13-14)7-3-4-10-6-7/h1-2,5,7,10H,3-4,6H2. The third-order valence-corrected chi connectivity index (χ3v) is 2.56. The van der Waals surface area contributed by atoms with Crippen LogP contribution in [0.5, 0.6) is 0 Å². The molecule has 0 amide bonds. The van der Waals surface area contributed by atoms with Gasteiger partial charge in [0.25, 0.3) is 0 Å². The molecule has 0 bridgehead atoms. The molecule has 3 rings (SSSR count). The van der Waals surface area contributed by atoms with Crippen molar-refractivity contribution in [2.24, 2.45) is 0 Å². The highest BCUT2D eigenvalue weighted by Crippen LogP contribution is 2.18. The minimum absolute atomic E-state index is 0.383. The monoisotopic (exact) mass is 205 g/mol. The lowest BCUT2D eigenvalue weighted by atomic mass is 10.1. The van der Waals surface area contributed by atoms with Crippen molar-refractivity contribution in [1.82, 2.24) is 25.5 Å². The van der Waals surface area contributed by atoms with Crippen LogP contribution >= 0.6 is 0 Å². The van der Waals surface area contributed by atoms with Crippen molar-refractivity contribution in [2.75, 3.05) is 13.1 Å². The van der Waals surface area contributed by atoms with Crippen molar-refractivity contribution in [2.45, 2.75) is 12.3 Å². The van der Waals surface area contributed by atoms with Gasteiger partial charge in [0.15, 0.2) is 5.82 Å². The van der Waals surface area contributed by atoms with E-state index in [-0.39, 0.29) is 0 Å². The molecule has 3 heterocycles. The van der Waals surface area contributed by atoms with E-state index < -0.39 is 0 Å². The summed E-state index contributed by atoms with van der Waals surface area (Å²) in [5.41, 5.74) is 0. The van der Waals surface area contributed by atoms with E-state index >= 15 is 0 Å². The summed E-state index contributed by atoms with van der Waals surface area (Å²) in [4.78, 5) is 1.42. The lowest BCUT2D eigenvalue weighted by Crippen LogP contribution is -2.09. The second-order valence-corrected chi connectivity index (χ2v) is 3.58. The normalized spacial score (nSPS) is 20.9. The Morgan fingerprint density at radius 1 is 1.53 bits per heavy atom. The fraction of sp³-hybridized carbons (Fsp3) is 0.444. The zero-order chi connectivity index (χ0) is 10.1. The first-order chi connectivity index (χ1) is 7.43. The Bertz CT molecular complexity index is 429. The van der Waals surface area contributed by atoms with Gasteiger partial charge in [-0.2, -0.15) is 0 Å². The van der Waals surface area contributed by atoms with Crippen molar-refractivity contribution in [3.63, 3.8) is 0 Å². The third-order valence-electron chi connectivity index (χ3n) is 2.56. The molecule has 1 aliphatic rings. The predicted octanol–water partition coefficient (Wildman–Crippen LogP) is 0.332. The first-order valence-corrected chi connectivity index (χ1v) is 4.98. The Hall–Kier alpha value is -1.69. The van der Waals surface area contributed by atoms with Gasteiger partial charge in [0.05, 0.1) is 6.26 Å². The van der Waals surface area contributed by atoms with Gasteiger partial charge in [0.1, 0.15) is 0 Å². The number of furan rings is 1. The number of hydrogen-bond acceptors (Lipinski definition) is 5. The molecule has 15 heavy (non-hydrogen) atoms. The van der Waals surface area contributed by atoms with Crippen LogP contribution in [-0.4, -0.2) is 33.3 Å².